The summed E-state index contributed by atoms with van der Waals surface area (Å²) in [5.41, 5.74) is 6.10. The maximum Gasteiger partial charge on any atom is 0.253 e. The molecule has 38 heavy (non-hydrogen) atoms. The highest BCUT2D eigenvalue weighted by molar-refractivity contribution is 5.95. The molecular formula is C32H37N3O3. The molecule has 6 nitrogen and oxygen atoms in total. The second kappa shape index (κ2) is 11.8. The first-order valence-electron chi connectivity index (χ1n) is 13.8. The van der Waals surface area contributed by atoms with Crippen LogP contribution < -0.4 is 10.1 Å². The van der Waals surface area contributed by atoms with E-state index in [1.165, 1.54) is 11.1 Å². The van der Waals surface area contributed by atoms with Crippen molar-refractivity contribution in [2.24, 2.45) is 5.92 Å². The number of piperidine rings is 1. The quantitative estimate of drug-likeness (QED) is 0.450. The Labute approximate surface area is 225 Å². The van der Waals surface area contributed by atoms with E-state index in [2.05, 4.69) is 29.6 Å². The first kappa shape index (κ1) is 26.0. The number of carbonyl (C=O) groups excluding carboxylic acids is 2. The summed E-state index contributed by atoms with van der Waals surface area (Å²) in [6.45, 7) is 6.30. The Hall–Kier alpha value is -3.67. The molecule has 0 spiro atoms. The minimum atomic E-state index is -0.127. The van der Waals surface area contributed by atoms with E-state index >= 15 is 0 Å². The van der Waals surface area contributed by atoms with Gasteiger partial charge in [0.25, 0.3) is 5.91 Å². The summed E-state index contributed by atoms with van der Waals surface area (Å²) in [7, 11) is 0. The monoisotopic (exact) mass is 511 g/mol. The van der Waals surface area contributed by atoms with Crippen molar-refractivity contribution in [2.75, 3.05) is 19.7 Å². The number of ether oxygens (including phenoxy) is 1. The fraction of sp³-hybridized carbons (Fsp3) is 0.406. The van der Waals surface area contributed by atoms with Gasteiger partial charge in [-0.15, -0.1) is 0 Å². The van der Waals surface area contributed by atoms with Crippen LogP contribution in [0.25, 0.3) is 0 Å². The molecule has 2 amide bonds. The van der Waals surface area contributed by atoms with Crippen molar-refractivity contribution in [3.05, 3.63) is 94.3 Å². The molecule has 1 aliphatic carbocycles. The molecule has 5 rings (SSSR count). The first-order valence-corrected chi connectivity index (χ1v) is 13.8. The van der Waals surface area contributed by atoms with Crippen LogP contribution in [0.3, 0.4) is 0 Å². The Morgan fingerprint density at radius 3 is 2.37 bits per heavy atom. The Balaban J connectivity index is 1.19. The van der Waals surface area contributed by atoms with Gasteiger partial charge in [-0.2, -0.15) is 0 Å². The lowest BCUT2D eigenvalue weighted by molar-refractivity contribution is -0.133. The second-order valence-corrected chi connectivity index (χ2v) is 10.5. The molecule has 1 saturated heterocycles. The highest BCUT2D eigenvalue weighted by Crippen LogP contribution is 2.32. The number of aromatic nitrogens is 1. The summed E-state index contributed by atoms with van der Waals surface area (Å²) >= 11 is 0. The van der Waals surface area contributed by atoms with E-state index in [-0.39, 0.29) is 17.7 Å². The van der Waals surface area contributed by atoms with Gasteiger partial charge in [0.2, 0.25) is 5.91 Å². The molecule has 2 aliphatic rings. The maximum atomic E-state index is 13.3. The third-order valence-corrected chi connectivity index (χ3v) is 7.85. The van der Waals surface area contributed by atoms with Crippen molar-refractivity contribution in [3.63, 3.8) is 0 Å². The molecular weight excluding hydrogens is 474 g/mol. The van der Waals surface area contributed by atoms with Crippen molar-refractivity contribution < 1.29 is 14.3 Å². The van der Waals surface area contributed by atoms with Gasteiger partial charge in [0.15, 0.2) is 0 Å². The predicted octanol–water partition coefficient (Wildman–Crippen LogP) is 5.23. The van der Waals surface area contributed by atoms with Gasteiger partial charge in [0, 0.05) is 43.2 Å². The van der Waals surface area contributed by atoms with Crippen molar-refractivity contribution in [1.29, 1.82) is 0 Å². The van der Waals surface area contributed by atoms with Crippen LogP contribution in [-0.4, -0.2) is 41.4 Å². The molecule has 1 N–H and O–H groups in total. The lowest BCUT2D eigenvalue weighted by Crippen LogP contribution is -2.39. The Bertz CT molecular complexity index is 1270. The number of nitrogens with zero attached hydrogens (tertiary/aromatic N) is 2. The number of rotatable bonds is 8. The van der Waals surface area contributed by atoms with E-state index in [9.17, 15) is 9.59 Å². The maximum absolute atomic E-state index is 13.3. The van der Waals surface area contributed by atoms with Crippen LogP contribution >= 0.6 is 0 Å². The second-order valence-electron chi connectivity index (χ2n) is 10.5. The van der Waals surface area contributed by atoms with E-state index in [1.807, 2.05) is 55.1 Å². The molecule has 0 bridgehead atoms. The number of likely N-dealkylation sites (tertiary alicyclic amines) is 1. The summed E-state index contributed by atoms with van der Waals surface area (Å²) in [6.07, 6.45) is 4.25. The third kappa shape index (κ3) is 5.90. The van der Waals surface area contributed by atoms with Gasteiger partial charge < -0.3 is 15.0 Å². The minimum absolute atomic E-state index is 0.127. The number of aryl methyl sites for hydroxylation is 1. The van der Waals surface area contributed by atoms with Gasteiger partial charge >= 0.3 is 0 Å². The molecule has 3 aromatic rings. The topological polar surface area (TPSA) is 71.5 Å². The van der Waals surface area contributed by atoms with Crippen LogP contribution in [-0.2, 0) is 24.2 Å². The minimum Gasteiger partial charge on any atom is -0.494 e. The summed E-state index contributed by atoms with van der Waals surface area (Å²) in [4.78, 5) is 33.2. The van der Waals surface area contributed by atoms with Gasteiger partial charge in [-0.05, 0) is 74.8 Å². The highest BCUT2D eigenvalue weighted by atomic mass is 16.5. The lowest BCUT2D eigenvalue weighted by Gasteiger charge is -2.33. The number of pyridine rings is 1. The number of carbonyl (C=O) groups is 2. The summed E-state index contributed by atoms with van der Waals surface area (Å²) in [5.74, 6) is 1.48. The highest BCUT2D eigenvalue weighted by Gasteiger charge is 2.30. The molecule has 198 valence electrons. The van der Waals surface area contributed by atoms with Crippen molar-refractivity contribution >= 4 is 11.8 Å². The third-order valence-electron chi connectivity index (χ3n) is 7.85. The smallest absolute Gasteiger partial charge is 0.253 e. The van der Waals surface area contributed by atoms with E-state index in [1.54, 1.807) is 0 Å². The number of para-hydroxylation sites is 1. The van der Waals surface area contributed by atoms with Gasteiger partial charge in [0.1, 0.15) is 5.75 Å². The van der Waals surface area contributed by atoms with Crippen molar-refractivity contribution in [1.82, 2.24) is 15.2 Å². The SMILES string of the molecule is CCOc1ccccc1CNC(=O)c1ccc(C)nc1C1CCN(C(=O)CC2Cc3ccccc3C2)CC1. The van der Waals surface area contributed by atoms with E-state index < -0.39 is 0 Å². The zero-order valence-electron chi connectivity index (χ0n) is 22.4. The van der Waals surface area contributed by atoms with Crippen molar-refractivity contribution in [3.8, 4) is 5.75 Å². The number of fused-ring (bicyclic) bond motifs is 1. The van der Waals surface area contributed by atoms with Crippen molar-refractivity contribution in [2.45, 2.75) is 58.4 Å². The van der Waals surface area contributed by atoms with Crippen LogP contribution in [0.1, 0.15) is 70.5 Å². The molecule has 2 aromatic carbocycles. The first-order chi connectivity index (χ1) is 18.5. The van der Waals surface area contributed by atoms with Crippen LogP contribution in [0.4, 0.5) is 0 Å². The zero-order chi connectivity index (χ0) is 26.5. The molecule has 2 heterocycles. The fourth-order valence-electron chi connectivity index (χ4n) is 5.87. The van der Waals surface area contributed by atoms with Gasteiger partial charge in [-0.3, -0.25) is 14.6 Å². The van der Waals surface area contributed by atoms with Gasteiger partial charge in [-0.1, -0.05) is 42.5 Å². The average molecular weight is 512 g/mol. The molecule has 0 atom stereocenters. The molecule has 0 unspecified atom stereocenters. The number of benzene rings is 2. The Kier molecular flexibility index (Phi) is 8.06. The lowest BCUT2D eigenvalue weighted by atomic mass is 9.89. The predicted molar refractivity (Wildman–Crippen MR) is 148 cm³/mol. The largest absolute Gasteiger partial charge is 0.494 e. The summed E-state index contributed by atoms with van der Waals surface area (Å²) < 4.78 is 5.70. The standard InChI is InChI=1S/C32H37N3O3/c1-3-38-29-11-7-6-10-27(29)21-33-32(37)28-13-12-22(2)34-31(28)24-14-16-35(17-15-24)30(36)20-23-18-25-8-4-5-9-26(25)19-23/h4-13,23-24H,3,14-21H2,1-2H3,(H,33,37). The molecule has 1 aromatic heterocycles. The zero-order valence-corrected chi connectivity index (χ0v) is 22.4. The number of hydrogen-bond acceptors (Lipinski definition) is 4. The normalized spacial score (nSPS) is 15.8. The van der Waals surface area contributed by atoms with Crippen LogP contribution in [0.5, 0.6) is 5.75 Å². The Morgan fingerprint density at radius 1 is 0.974 bits per heavy atom. The molecule has 1 aliphatic heterocycles. The fourth-order valence-corrected chi connectivity index (χ4v) is 5.87. The molecule has 0 radical (unpaired) electrons. The van der Waals surface area contributed by atoms with Crippen LogP contribution in [0.15, 0.2) is 60.7 Å². The van der Waals surface area contributed by atoms with E-state index in [0.29, 0.717) is 44.1 Å². The number of hydrogen-bond donors (Lipinski definition) is 1. The van der Waals surface area contributed by atoms with E-state index in [0.717, 1.165) is 48.4 Å². The molecule has 0 saturated carbocycles. The van der Waals surface area contributed by atoms with Gasteiger partial charge in [0.05, 0.1) is 17.9 Å². The molecule has 1 fully saturated rings. The Morgan fingerprint density at radius 2 is 1.66 bits per heavy atom. The summed E-state index contributed by atoms with van der Waals surface area (Å²) in [5, 5.41) is 3.06. The average Bonchev–Trinajstić information content (AvgIpc) is 3.35. The molecule has 6 heteroatoms. The number of amides is 2. The van der Waals surface area contributed by atoms with Gasteiger partial charge in [-0.25, -0.2) is 0 Å². The van der Waals surface area contributed by atoms with Crippen LogP contribution in [0, 0.1) is 12.8 Å². The summed E-state index contributed by atoms with van der Waals surface area (Å²) in [6, 6.07) is 20.1. The van der Waals surface area contributed by atoms with Crippen LogP contribution in [0.2, 0.25) is 0 Å². The van der Waals surface area contributed by atoms with E-state index in [4.69, 9.17) is 9.72 Å². The number of nitrogens with one attached hydrogen (secondary N) is 1.